The molecular weight excluding hydrogens is 266 g/mol. The number of carbonyl (C=O) groups excluding carboxylic acids is 2. The van der Waals surface area contributed by atoms with Gasteiger partial charge in [0.05, 0.1) is 17.2 Å². The summed E-state index contributed by atoms with van der Waals surface area (Å²) in [6, 6.07) is 5.29. The highest BCUT2D eigenvalue weighted by Gasteiger charge is 2.19. The molecule has 0 amide bonds. The molecule has 5 heteroatoms. The number of hydrogen-bond donors (Lipinski definition) is 0. The van der Waals surface area contributed by atoms with Gasteiger partial charge in [-0.1, -0.05) is 11.6 Å². The number of hydrogen-bond acceptors (Lipinski definition) is 4. The number of rotatable bonds is 3. The maximum atomic E-state index is 11.8. The van der Waals surface area contributed by atoms with E-state index in [-0.39, 0.29) is 5.78 Å². The van der Waals surface area contributed by atoms with E-state index in [0.717, 1.165) is 5.69 Å². The summed E-state index contributed by atoms with van der Waals surface area (Å²) in [5, 5.41) is 0.385. The Balaban J connectivity index is 2.20. The maximum absolute atomic E-state index is 11.8. The van der Waals surface area contributed by atoms with Crippen LogP contribution in [0.25, 0.3) is 0 Å². The summed E-state index contributed by atoms with van der Waals surface area (Å²) in [4.78, 5) is 25.1. The van der Waals surface area contributed by atoms with Gasteiger partial charge in [-0.3, -0.25) is 4.79 Å². The Morgan fingerprint density at radius 1 is 1.37 bits per heavy atom. The van der Waals surface area contributed by atoms with E-state index < -0.39 is 5.97 Å². The first-order valence-corrected chi connectivity index (χ1v) is 6.73. The van der Waals surface area contributed by atoms with E-state index in [9.17, 15) is 9.59 Å². The highest BCUT2D eigenvalue weighted by atomic mass is 35.5. The molecule has 4 nitrogen and oxygen atoms in total. The van der Waals surface area contributed by atoms with Crippen molar-refractivity contribution >= 4 is 29.0 Å². The highest BCUT2D eigenvalue weighted by Crippen LogP contribution is 2.25. The third-order valence-electron chi connectivity index (χ3n) is 3.13. The summed E-state index contributed by atoms with van der Waals surface area (Å²) >= 11 is 6.02. The average Bonchev–Trinajstić information content (AvgIpc) is 2.40. The molecule has 0 spiro atoms. The molecule has 1 aromatic carbocycles. The second-order valence-corrected chi connectivity index (χ2v) is 4.82. The standard InChI is InChI=1S/C14H16ClNO3/c1-2-19-14(18)12-9-10(3-4-13(12)15)16-7-5-11(17)6-8-16/h3-4,9H,2,5-8H2,1H3. The van der Waals surface area contributed by atoms with E-state index in [1.54, 1.807) is 19.1 Å². The van der Waals surface area contributed by atoms with Crippen molar-refractivity contribution in [3.8, 4) is 0 Å². The lowest BCUT2D eigenvalue weighted by Crippen LogP contribution is -2.33. The monoisotopic (exact) mass is 281 g/mol. The molecular formula is C14H16ClNO3. The topological polar surface area (TPSA) is 46.6 Å². The van der Waals surface area contributed by atoms with Crippen LogP contribution in [0.1, 0.15) is 30.1 Å². The molecule has 0 radical (unpaired) electrons. The van der Waals surface area contributed by atoms with Crippen molar-refractivity contribution in [3.05, 3.63) is 28.8 Å². The third-order valence-corrected chi connectivity index (χ3v) is 3.46. The number of carbonyl (C=O) groups is 2. The average molecular weight is 282 g/mol. The molecule has 0 N–H and O–H groups in total. The first-order chi connectivity index (χ1) is 9.11. The number of piperidine rings is 1. The molecule has 0 saturated carbocycles. The second-order valence-electron chi connectivity index (χ2n) is 4.41. The number of halogens is 1. The largest absolute Gasteiger partial charge is 0.462 e. The van der Waals surface area contributed by atoms with Crippen LogP contribution >= 0.6 is 11.6 Å². The van der Waals surface area contributed by atoms with Gasteiger partial charge in [0.2, 0.25) is 0 Å². The molecule has 0 unspecified atom stereocenters. The van der Waals surface area contributed by atoms with E-state index in [4.69, 9.17) is 16.3 Å². The van der Waals surface area contributed by atoms with E-state index in [1.165, 1.54) is 0 Å². The smallest absolute Gasteiger partial charge is 0.339 e. The lowest BCUT2D eigenvalue weighted by molar-refractivity contribution is -0.119. The number of esters is 1. The minimum Gasteiger partial charge on any atom is -0.462 e. The minimum atomic E-state index is -0.414. The van der Waals surface area contributed by atoms with Gasteiger partial charge >= 0.3 is 5.97 Å². The van der Waals surface area contributed by atoms with Crippen molar-refractivity contribution in [1.82, 2.24) is 0 Å². The van der Waals surface area contributed by atoms with Gasteiger partial charge in [0.1, 0.15) is 5.78 Å². The number of anilines is 1. The third kappa shape index (κ3) is 3.26. The predicted octanol–water partition coefficient (Wildman–Crippen LogP) is 2.69. The fraction of sp³-hybridized carbons (Fsp3) is 0.429. The lowest BCUT2D eigenvalue weighted by atomic mass is 10.1. The van der Waals surface area contributed by atoms with Crippen LogP contribution in [0.2, 0.25) is 5.02 Å². The van der Waals surface area contributed by atoms with Crippen LogP contribution in [0.3, 0.4) is 0 Å². The summed E-state index contributed by atoms with van der Waals surface area (Å²) in [5.41, 5.74) is 1.28. The van der Waals surface area contributed by atoms with Crippen LogP contribution in [0, 0.1) is 0 Å². The molecule has 1 saturated heterocycles. The number of nitrogens with zero attached hydrogens (tertiary/aromatic N) is 1. The van der Waals surface area contributed by atoms with Gasteiger partial charge in [-0.15, -0.1) is 0 Å². The normalized spacial score (nSPS) is 15.5. The van der Waals surface area contributed by atoms with E-state index >= 15 is 0 Å². The SMILES string of the molecule is CCOC(=O)c1cc(N2CCC(=O)CC2)ccc1Cl. The molecule has 1 aromatic rings. The predicted molar refractivity (Wildman–Crippen MR) is 73.9 cm³/mol. The van der Waals surface area contributed by atoms with Crippen LogP contribution in [0.15, 0.2) is 18.2 Å². The fourth-order valence-corrected chi connectivity index (χ4v) is 2.28. The molecule has 0 bridgehead atoms. The van der Waals surface area contributed by atoms with Crippen LogP contribution in [0.5, 0.6) is 0 Å². The summed E-state index contributed by atoms with van der Waals surface area (Å²) in [5.74, 6) is -0.127. The summed E-state index contributed by atoms with van der Waals surface area (Å²) in [6.45, 7) is 3.44. The van der Waals surface area contributed by atoms with Crippen LogP contribution in [-0.2, 0) is 9.53 Å². The van der Waals surface area contributed by atoms with Gasteiger partial charge in [-0.2, -0.15) is 0 Å². The molecule has 19 heavy (non-hydrogen) atoms. The zero-order valence-corrected chi connectivity index (χ0v) is 11.6. The Labute approximate surface area is 117 Å². The van der Waals surface area contributed by atoms with Gasteiger partial charge in [0.15, 0.2) is 0 Å². The Kier molecular flexibility index (Phi) is 4.43. The number of ketones is 1. The summed E-state index contributed by atoms with van der Waals surface area (Å²) < 4.78 is 4.97. The molecule has 1 fully saturated rings. The summed E-state index contributed by atoms with van der Waals surface area (Å²) in [7, 11) is 0. The van der Waals surface area contributed by atoms with Gasteiger partial charge in [0.25, 0.3) is 0 Å². The number of Topliss-reactive ketones (excluding diaryl/α,β-unsaturated/α-hetero) is 1. The Morgan fingerprint density at radius 3 is 2.68 bits per heavy atom. The fourth-order valence-electron chi connectivity index (χ4n) is 2.09. The van der Waals surface area contributed by atoms with E-state index in [0.29, 0.717) is 43.1 Å². The van der Waals surface area contributed by atoms with Gasteiger partial charge in [0, 0.05) is 31.6 Å². The zero-order chi connectivity index (χ0) is 13.8. The van der Waals surface area contributed by atoms with Gasteiger partial charge in [-0.25, -0.2) is 4.79 Å². The number of benzene rings is 1. The molecule has 1 aliphatic heterocycles. The van der Waals surface area contributed by atoms with Crippen molar-refractivity contribution in [1.29, 1.82) is 0 Å². The van der Waals surface area contributed by atoms with Crippen molar-refractivity contribution in [3.63, 3.8) is 0 Å². The molecule has 1 aliphatic rings. The van der Waals surface area contributed by atoms with Crippen molar-refractivity contribution < 1.29 is 14.3 Å². The van der Waals surface area contributed by atoms with E-state index in [2.05, 4.69) is 4.90 Å². The second kappa shape index (κ2) is 6.06. The molecule has 0 aliphatic carbocycles. The van der Waals surface area contributed by atoms with Crippen LogP contribution < -0.4 is 4.90 Å². The molecule has 0 aromatic heterocycles. The van der Waals surface area contributed by atoms with Crippen molar-refractivity contribution in [2.45, 2.75) is 19.8 Å². The molecule has 2 rings (SSSR count). The van der Waals surface area contributed by atoms with Crippen LogP contribution in [0.4, 0.5) is 5.69 Å². The molecule has 102 valence electrons. The van der Waals surface area contributed by atoms with Crippen molar-refractivity contribution in [2.24, 2.45) is 0 Å². The molecule has 0 atom stereocenters. The van der Waals surface area contributed by atoms with Gasteiger partial charge < -0.3 is 9.64 Å². The zero-order valence-electron chi connectivity index (χ0n) is 10.8. The Bertz CT molecular complexity index is 491. The lowest BCUT2D eigenvalue weighted by Gasteiger charge is -2.28. The summed E-state index contributed by atoms with van der Waals surface area (Å²) in [6.07, 6.45) is 1.11. The minimum absolute atomic E-state index is 0.288. The first-order valence-electron chi connectivity index (χ1n) is 6.35. The Hall–Kier alpha value is -1.55. The number of ether oxygens (including phenoxy) is 1. The van der Waals surface area contributed by atoms with Crippen LogP contribution in [-0.4, -0.2) is 31.4 Å². The first kappa shape index (κ1) is 13.9. The van der Waals surface area contributed by atoms with Gasteiger partial charge in [-0.05, 0) is 25.1 Å². The Morgan fingerprint density at radius 2 is 2.05 bits per heavy atom. The highest BCUT2D eigenvalue weighted by molar-refractivity contribution is 6.33. The van der Waals surface area contributed by atoms with Crippen molar-refractivity contribution in [2.75, 3.05) is 24.6 Å². The van der Waals surface area contributed by atoms with E-state index in [1.807, 2.05) is 6.07 Å². The molecule has 1 heterocycles. The quantitative estimate of drug-likeness (QED) is 0.799. The maximum Gasteiger partial charge on any atom is 0.339 e.